The summed E-state index contributed by atoms with van der Waals surface area (Å²) < 4.78 is 15.8. The zero-order valence-electron chi connectivity index (χ0n) is 13.2. The van der Waals surface area contributed by atoms with Crippen molar-refractivity contribution < 1.29 is 18.5 Å². The molecule has 0 aliphatic heterocycles. The van der Waals surface area contributed by atoms with Gasteiger partial charge in [-0.1, -0.05) is 16.8 Å². The van der Waals surface area contributed by atoms with Gasteiger partial charge in [-0.05, 0) is 38.1 Å². The Bertz CT molecular complexity index is 832. The van der Waals surface area contributed by atoms with E-state index >= 15 is 0 Å². The van der Waals surface area contributed by atoms with Crippen molar-refractivity contribution in [2.24, 2.45) is 0 Å². The van der Waals surface area contributed by atoms with Crippen LogP contribution in [0.3, 0.4) is 0 Å². The lowest BCUT2D eigenvalue weighted by Crippen LogP contribution is -2.09. The van der Waals surface area contributed by atoms with Crippen LogP contribution in [0, 0.1) is 13.8 Å². The molecule has 0 saturated heterocycles. The van der Waals surface area contributed by atoms with Gasteiger partial charge in [-0.3, -0.25) is 4.79 Å². The Morgan fingerprint density at radius 2 is 2.00 bits per heavy atom. The van der Waals surface area contributed by atoms with Crippen LogP contribution in [-0.2, 0) is 22.6 Å². The van der Waals surface area contributed by atoms with Crippen LogP contribution < -0.4 is 0 Å². The van der Waals surface area contributed by atoms with E-state index in [0.717, 1.165) is 11.1 Å². The predicted octanol–water partition coefficient (Wildman–Crippen LogP) is 3.89. The molecule has 0 aliphatic rings. The molecular weight excluding hydrogens is 332 g/mol. The summed E-state index contributed by atoms with van der Waals surface area (Å²) in [6.45, 7) is 3.51. The molecule has 0 spiro atoms. The van der Waals surface area contributed by atoms with Gasteiger partial charge >= 0.3 is 5.97 Å². The molecule has 2 heterocycles. The molecule has 0 saturated carbocycles. The smallest absolute Gasteiger partial charge is 0.310 e. The van der Waals surface area contributed by atoms with Crippen LogP contribution in [0.5, 0.6) is 0 Å². The van der Waals surface area contributed by atoms with Crippen LogP contribution in [0.4, 0.5) is 0 Å². The lowest BCUT2D eigenvalue weighted by atomic mass is 10.1. The summed E-state index contributed by atoms with van der Waals surface area (Å²) in [4.78, 5) is 16.0. The number of nitrogens with zero attached hydrogens (tertiary/aromatic N) is 2. The Balaban J connectivity index is 1.59. The molecule has 24 heavy (non-hydrogen) atoms. The lowest BCUT2D eigenvalue weighted by molar-refractivity contribution is -0.144. The third-order valence-corrected chi connectivity index (χ3v) is 3.79. The molecule has 1 aromatic carbocycles. The first-order valence-electron chi connectivity index (χ1n) is 7.31. The average molecular weight is 347 g/mol. The maximum atomic E-state index is 11.9. The van der Waals surface area contributed by atoms with Crippen molar-refractivity contribution in [3.8, 4) is 11.3 Å². The van der Waals surface area contributed by atoms with E-state index in [9.17, 15) is 4.79 Å². The molecule has 2 aromatic heterocycles. The van der Waals surface area contributed by atoms with Crippen molar-refractivity contribution in [2.75, 3.05) is 0 Å². The first-order chi connectivity index (χ1) is 11.5. The van der Waals surface area contributed by atoms with Gasteiger partial charge in [-0.2, -0.15) is 0 Å². The van der Waals surface area contributed by atoms with Gasteiger partial charge in [-0.25, -0.2) is 4.98 Å². The Morgan fingerprint density at radius 3 is 2.67 bits per heavy atom. The van der Waals surface area contributed by atoms with Crippen LogP contribution in [0.15, 0.2) is 39.4 Å². The molecule has 0 aliphatic carbocycles. The van der Waals surface area contributed by atoms with Crippen molar-refractivity contribution in [2.45, 2.75) is 26.9 Å². The second kappa shape index (κ2) is 6.88. The van der Waals surface area contributed by atoms with E-state index in [1.807, 2.05) is 12.1 Å². The van der Waals surface area contributed by atoms with Gasteiger partial charge in [0.05, 0.1) is 18.3 Å². The summed E-state index contributed by atoms with van der Waals surface area (Å²) in [7, 11) is 0. The average Bonchev–Trinajstić information content (AvgIpc) is 3.16. The van der Waals surface area contributed by atoms with Crippen molar-refractivity contribution >= 4 is 17.6 Å². The fraction of sp³-hybridized carbons (Fsp3) is 0.235. The summed E-state index contributed by atoms with van der Waals surface area (Å²) in [6.07, 6.45) is 1.69. The number of esters is 1. The highest BCUT2D eigenvalue weighted by Crippen LogP contribution is 2.22. The third-order valence-electron chi connectivity index (χ3n) is 3.54. The van der Waals surface area contributed by atoms with Gasteiger partial charge in [0.25, 0.3) is 0 Å². The summed E-state index contributed by atoms with van der Waals surface area (Å²) in [5, 5.41) is 4.45. The molecule has 0 radical (unpaired) electrons. The topological polar surface area (TPSA) is 78.4 Å². The number of ether oxygens (including phenoxy) is 1. The summed E-state index contributed by atoms with van der Waals surface area (Å²) in [6, 6.07) is 7.19. The molecule has 0 unspecified atom stereocenters. The number of carbonyl (C=O) groups excluding carboxylic acids is 1. The number of rotatable bonds is 5. The van der Waals surface area contributed by atoms with Gasteiger partial charge in [0.2, 0.25) is 5.89 Å². The van der Waals surface area contributed by atoms with E-state index in [4.69, 9.17) is 25.3 Å². The van der Waals surface area contributed by atoms with Crippen LogP contribution in [0.25, 0.3) is 11.3 Å². The molecule has 124 valence electrons. The number of carbonyl (C=O) groups is 1. The highest BCUT2D eigenvalue weighted by molar-refractivity contribution is 6.30. The number of benzene rings is 1. The maximum Gasteiger partial charge on any atom is 0.310 e. The number of hydrogen-bond acceptors (Lipinski definition) is 6. The highest BCUT2D eigenvalue weighted by atomic mass is 35.5. The minimum Gasteiger partial charge on any atom is -0.455 e. The third kappa shape index (κ3) is 3.65. The SMILES string of the molecule is Cc1noc(C)c1CC(=O)OCc1ncc(-c2ccc(Cl)cc2)o1. The van der Waals surface area contributed by atoms with Gasteiger partial charge in [-0.15, -0.1) is 0 Å². The Kier molecular flexibility index (Phi) is 4.66. The molecule has 0 amide bonds. The maximum absolute atomic E-state index is 11.9. The molecule has 0 N–H and O–H groups in total. The Labute approximate surface area is 143 Å². The zero-order valence-corrected chi connectivity index (χ0v) is 14.0. The Morgan fingerprint density at radius 1 is 1.25 bits per heavy atom. The van der Waals surface area contributed by atoms with Crippen LogP contribution in [0.1, 0.15) is 22.9 Å². The second-order valence-corrected chi connectivity index (χ2v) is 5.70. The molecule has 0 atom stereocenters. The quantitative estimate of drug-likeness (QED) is 0.652. The molecule has 0 bridgehead atoms. The van der Waals surface area contributed by atoms with Crippen molar-refractivity contribution in [1.82, 2.24) is 10.1 Å². The summed E-state index contributed by atoms with van der Waals surface area (Å²) in [5.41, 5.74) is 2.28. The van der Waals surface area contributed by atoms with Gasteiger partial charge in [0.1, 0.15) is 5.76 Å². The number of hydrogen-bond donors (Lipinski definition) is 0. The molecular formula is C17H15ClN2O4. The van der Waals surface area contributed by atoms with E-state index in [2.05, 4.69) is 10.1 Å². The molecule has 0 fully saturated rings. The Hall–Kier alpha value is -2.60. The van der Waals surface area contributed by atoms with Crippen LogP contribution in [-0.4, -0.2) is 16.1 Å². The number of halogens is 1. The first kappa shape index (κ1) is 16.3. The molecule has 6 nitrogen and oxygen atoms in total. The fourth-order valence-electron chi connectivity index (χ4n) is 2.22. The minimum absolute atomic E-state index is 0.0319. The van der Waals surface area contributed by atoms with Crippen molar-refractivity contribution in [1.29, 1.82) is 0 Å². The monoisotopic (exact) mass is 346 g/mol. The van der Waals surface area contributed by atoms with E-state index in [1.165, 1.54) is 0 Å². The van der Waals surface area contributed by atoms with Crippen LogP contribution in [0.2, 0.25) is 5.02 Å². The van der Waals surface area contributed by atoms with Crippen molar-refractivity contribution in [3.05, 3.63) is 58.4 Å². The fourth-order valence-corrected chi connectivity index (χ4v) is 2.34. The zero-order chi connectivity index (χ0) is 17.1. The van der Waals surface area contributed by atoms with Crippen molar-refractivity contribution in [3.63, 3.8) is 0 Å². The number of aryl methyl sites for hydroxylation is 2. The normalized spacial score (nSPS) is 10.8. The van der Waals surface area contributed by atoms with Crippen LogP contribution >= 0.6 is 11.6 Å². The van der Waals surface area contributed by atoms with Gasteiger partial charge in [0.15, 0.2) is 12.4 Å². The molecule has 7 heteroatoms. The highest BCUT2D eigenvalue weighted by Gasteiger charge is 2.15. The second-order valence-electron chi connectivity index (χ2n) is 5.27. The predicted molar refractivity (Wildman–Crippen MR) is 86.4 cm³/mol. The largest absolute Gasteiger partial charge is 0.455 e. The summed E-state index contributed by atoms with van der Waals surface area (Å²) in [5.74, 6) is 1.14. The summed E-state index contributed by atoms with van der Waals surface area (Å²) >= 11 is 5.85. The van der Waals surface area contributed by atoms with E-state index < -0.39 is 5.97 Å². The van der Waals surface area contributed by atoms with E-state index in [1.54, 1.807) is 32.2 Å². The number of aromatic nitrogens is 2. The number of oxazole rings is 1. The molecule has 3 aromatic rings. The standard InChI is InChI=1S/C17H15ClN2O4/c1-10-14(11(2)24-20-10)7-17(21)22-9-16-19-8-15(23-16)12-3-5-13(18)6-4-12/h3-6,8H,7,9H2,1-2H3. The van der Waals surface area contributed by atoms with E-state index in [0.29, 0.717) is 28.1 Å². The van der Waals surface area contributed by atoms with Gasteiger partial charge < -0.3 is 13.7 Å². The van der Waals surface area contributed by atoms with E-state index in [-0.39, 0.29) is 13.0 Å². The lowest BCUT2D eigenvalue weighted by Gasteiger charge is -2.02. The molecule has 3 rings (SSSR count). The minimum atomic E-state index is -0.393. The first-order valence-corrected chi connectivity index (χ1v) is 7.68. The van der Waals surface area contributed by atoms with Gasteiger partial charge in [0, 0.05) is 16.1 Å².